The second-order valence-electron chi connectivity index (χ2n) is 18.8. The van der Waals surface area contributed by atoms with Gasteiger partial charge in [0, 0.05) is 19.3 Å². The first-order chi connectivity index (χ1) is 31.5. The van der Waals surface area contributed by atoms with E-state index in [1.165, 1.54) is 180 Å². The molecule has 0 saturated heterocycles. The molecule has 0 aromatic heterocycles. The number of carbonyl (C=O) groups is 3. The average Bonchev–Trinajstić information content (AvgIpc) is 3.29. The Morgan fingerprint density at radius 2 is 0.547 bits per heavy atom. The molecule has 0 aromatic carbocycles. The van der Waals surface area contributed by atoms with Crippen LogP contribution < -0.4 is 0 Å². The van der Waals surface area contributed by atoms with Crippen LogP contribution in [-0.2, 0) is 28.6 Å². The molecular formula is C58H106O6. The molecular weight excluding hydrogens is 793 g/mol. The van der Waals surface area contributed by atoms with Crippen molar-refractivity contribution in [2.24, 2.45) is 0 Å². The SMILES string of the molecule is CCC/C=C\CCCCCCCC(=O)OCC(COC(=O)CCCCCCCCCCC/C=C\CCCCCCCCCC)OC(=O)CCCCCCC/C=C\CCCCCCCC. The quantitative estimate of drug-likeness (QED) is 0.0262. The van der Waals surface area contributed by atoms with Gasteiger partial charge in [0.25, 0.3) is 0 Å². The highest BCUT2D eigenvalue weighted by atomic mass is 16.6. The van der Waals surface area contributed by atoms with Crippen molar-refractivity contribution in [3.8, 4) is 0 Å². The fourth-order valence-electron chi connectivity index (χ4n) is 8.08. The van der Waals surface area contributed by atoms with E-state index in [4.69, 9.17) is 14.2 Å². The van der Waals surface area contributed by atoms with Crippen LogP contribution in [0.25, 0.3) is 0 Å². The maximum absolute atomic E-state index is 12.8. The Balaban J connectivity index is 4.27. The van der Waals surface area contributed by atoms with Gasteiger partial charge in [-0.05, 0) is 89.9 Å². The van der Waals surface area contributed by atoms with E-state index in [9.17, 15) is 14.4 Å². The maximum Gasteiger partial charge on any atom is 0.306 e. The summed E-state index contributed by atoms with van der Waals surface area (Å²) in [5, 5.41) is 0. The number of rotatable bonds is 51. The average molecular weight is 899 g/mol. The molecule has 0 aliphatic rings. The zero-order chi connectivity index (χ0) is 46.5. The van der Waals surface area contributed by atoms with Gasteiger partial charge in [0.2, 0.25) is 0 Å². The summed E-state index contributed by atoms with van der Waals surface area (Å²) < 4.78 is 16.8. The van der Waals surface area contributed by atoms with Crippen LogP contribution in [0.2, 0.25) is 0 Å². The maximum atomic E-state index is 12.8. The van der Waals surface area contributed by atoms with Crippen molar-refractivity contribution in [3.05, 3.63) is 36.5 Å². The van der Waals surface area contributed by atoms with Crippen molar-refractivity contribution in [1.29, 1.82) is 0 Å². The summed E-state index contributed by atoms with van der Waals surface area (Å²) in [5.41, 5.74) is 0. The van der Waals surface area contributed by atoms with Gasteiger partial charge in [0.05, 0.1) is 0 Å². The molecule has 0 aromatic rings. The molecule has 0 amide bonds. The molecule has 0 spiro atoms. The van der Waals surface area contributed by atoms with E-state index >= 15 is 0 Å². The smallest absolute Gasteiger partial charge is 0.306 e. The first kappa shape index (κ1) is 61.6. The minimum absolute atomic E-state index is 0.0774. The van der Waals surface area contributed by atoms with Gasteiger partial charge in [-0.1, -0.05) is 224 Å². The number of carbonyl (C=O) groups excluding carboxylic acids is 3. The lowest BCUT2D eigenvalue weighted by atomic mass is 10.1. The lowest BCUT2D eigenvalue weighted by Gasteiger charge is -2.18. The number of unbranched alkanes of at least 4 members (excludes halogenated alkanes) is 34. The Morgan fingerprint density at radius 3 is 0.844 bits per heavy atom. The van der Waals surface area contributed by atoms with Crippen LogP contribution in [0.15, 0.2) is 36.5 Å². The predicted molar refractivity (Wildman–Crippen MR) is 275 cm³/mol. The van der Waals surface area contributed by atoms with Gasteiger partial charge in [-0.3, -0.25) is 14.4 Å². The van der Waals surface area contributed by atoms with Gasteiger partial charge >= 0.3 is 17.9 Å². The molecule has 6 heteroatoms. The highest BCUT2D eigenvalue weighted by Gasteiger charge is 2.19. The summed E-state index contributed by atoms with van der Waals surface area (Å²) in [5.74, 6) is -0.887. The normalized spacial score (nSPS) is 12.2. The van der Waals surface area contributed by atoms with E-state index < -0.39 is 6.10 Å². The van der Waals surface area contributed by atoms with E-state index in [-0.39, 0.29) is 31.1 Å². The minimum Gasteiger partial charge on any atom is -0.462 e. The fraction of sp³-hybridized carbons (Fsp3) is 0.845. The van der Waals surface area contributed by atoms with Gasteiger partial charge in [0.15, 0.2) is 6.10 Å². The lowest BCUT2D eigenvalue weighted by Crippen LogP contribution is -2.30. The standard InChI is InChI=1S/C58H106O6/c1-4-7-10-13-16-19-22-24-26-27-28-29-30-31-33-34-36-39-42-45-48-51-57(60)63-54-55(53-62-56(59)50-47-44-41-38-21-18-15-12-9-6-3)64-58(61)52-49-46-43-40-37-35-32-25-23-20-17-14-11-8-5-2/h12,15,25,27-28,32,55H,4-11,13-14,16-24,26,29-31,33-54H2,1-3H3/b15-12-,28-27-,32-25-. The number of allylic oxidation sites excluding steroid dienone is 6. The van der Waals surface area contributed by atoms with Crippen molar-refractivity contribution in [1.82, 2.24) is 0 Å². The van der Waals surface area contributed by atoms with Crippen LogP contribution in [0.1, 0.15) is 297 Å². The van der Waals surface area contributed by atoms with E-state index in [1.54, 1.807) is 0 Å². The van der Waals surface area contributed by atoms with Gasteiger partial charge in [-0.25, -0.2) is 0 Å². The van der Waals surface area contributed by atoms with Crippen LogP contribution in [0.5, 0.6) is 0 Å². The zero-order valence-electron chi connectivity index (χ0n) is 42.8. The third-order valence-electron chi connectivity index (χ3n) is 12.3. The molecule has 64 heavy (non-hydrogen) atoms. The summed E-state index contributed by atoms with van der Waals surface area (Å²) in [7, 11) is 0. The van der Waals surface area contributed by atoms with Crippen molar-refractivity contribution in [2.75, 3.05) is 13.2 Å². The van der Waals surface area contributed by atoms with Gasteiger partial charge in [-0.2, -0.15) is 0 Å². The molecule has 0 fully saturated rings. The molecule has 374 valence electrons. The highest BCUT2D eigenvalue weighted by molar-refractivity contribution is 5.71. The lowest BCUT2D eigenvalue weighted by molar-refractivity contribution is -0.167. The first-order valence-corrected chi connectivity index (χ1v) is 28.0. The summed E-state index contributed by atoms with van der Waals surface area (Å²) in [4.78, 5) is 38.0. The highest BCUT2D eigenvalue weighted by Crippen LogP contribution is 2.15. The van der Waals surface area contributed by atoms with Crippen LogP contribution in [0.3, 0.4) is 0 Å². The van der Waals surface area contributed by atoms with E-state index in [1.807, 2.05) is 0 Å². The largest absolute Gasteiger partial charge is 0.462 e. The topological polar surface area (TPSA) is 78.9 Å². The summed E-state index contributed by atoms with van der Waals surface area (Å²) in [6.07, 6.45) is 62.8. The Kier molecular flexibility index (Phi) is 51.3. The molecule has 0 bridgehead atoms. The van der Waals surface area contributed by atoms with E-state index in [0.29, 0.717) is 19.3 Å². The molecule has 0 rings (SSSR count). The summed E-state index contributed by atoms with van der Waals surface area (Å²) in [6.45, 7) is 6.58. The Bertz CT molecular complexity index is 1080. The van der Waals surface area contributed by atoms with Crippen LogP contribution >= 0.6 is 0 Å². The van der Waals surface area contributed by atoms with Crippen LogP contribution in [0, 0.1) is 0 Å². The first-order valence-electron chi connectivity index (χ1n) is 28.0. The number of hydrogen-bond donors (Lipinski definition) is 0. The molecule has 0 N–H and O–H groups in total. The monoisotopic (exact) mass is 899 g/mol. The third-order valence-corrected chi connectivity index (χ3v) is 12.3. The molecule has 1 unspecified atom stereocenters. The summed E-state index contributed by atoms with van der Waals surface area (Å²) in [6, 6.07) is 0. The molecule has 6 nitrogen and oxygen atoms in total. The number of hydrogen-bond acceptors (Lipinski definition) is 6. The molecule has 0 saturated carbocycles. The van der Waals surface area contributed by atoms with Crippen molar-refractivity contribution in [2.45, 2.75) is 303 Å². The Labute approximate surface area is 397 Å². The van der Waals surface area contributed by atoms with E-state index in [2.05, 4.69) is 57.2 Å². The second-order valence-corrected chi connectivity index (χ2v) is 18.8. The zero-order valence-corrected chi connectivity index (χ0v) is 42.8. The van der Waals surface area contributed by atoms with Crippen LogP contribution in [0.4, 0.5) is 0 Å². The minimum atomic E-state index is -0.778. The molecule has 0 aliphatic heterocycles. The van der Waals surface area contributed by atoms with Gasteiger partial charge < -0.3 is 14.2 Å². The van der Waals surface area contributed by atoms with Crippen molar-refractivity contribution < 1.29 is 28.6 Å². The third kappa shape index (κ3) is 50.6. The predicted octanol–water partition coefficient (Wildman–Crippen LogP) is 18.5. The van der Waals surface area contributed by atoms with E-state index in [0.717, 1.165) is 77.0 Å². The van der Waals surface area contributed by atoms with Crippen LogP contribution in [-0.4, -0.2) is 37.2 Å². The molecule has 1 atom stereocenters. The Morgan fingerprint density at radius 1 is 0.297 bits per heavy atom. The summed E-state index contributed by atoms with van der Waals surface area (Å²) >= 11 is 0. The van der Waals surface area contributed by atoms with Gasteiger partial charge in [0.1, 0.15) is 13.2 Å². The van der Waals surface area contributed by atoms with Crippen molar-refractivity contribution in [3.63, 3.8) is 0 Å². The number of ether oxygens (including phenoxy) is 3. The number of esters is 3. The fourth-order valence-corrected chi connectivity index (χ4v) is 8.08. The molecule has 0 aliphatic carbocycles. The molecule has 0 radical (unpaired) electrons. The van der Waals surface area contributed by atoms with Crippen molar-refractivity contribution >= 4 is 17.9 Å². The molecule has 0 heterocycles. The second kappa shape index (κ2) is 53.2. The van der Waals surface area contributed by atoms with Gasteiger partial charge in [-0.15, -0.1) is 0 Å². The Hall–Kier alpha value is -2.37.